The average Bonchev–Trinajstić information content (AvgIpc) is 2.47. The molecule has 1 fully saturated rings. The lowest BCUT2D eigenvalue weighted by Gasteiger charge is -2.34. The Labute approximate surface area is 139 Å². The molecule has 1 aromatic rings. The number of ketones is 1. The van der Waals surface area contributed by atoms with Crippen LogP contribution in [0.5, 0.6) is 5.75 Å². The molecule has 1 aliphatic rings. The quantitative estimate of drug-likeness (QED) is 0.570. The van der Waals surface area contributed by atoms with E-state index in [1.807, 2.05) is 25.1 Å². The number of Topliss-reactive ketones (excluding diaryl/α,β-unsaturated/α-hetero) is 1. The summed E-state index contributed by atoms with van der Waals surface area (Å²) >= 11 is 0. The van der Waals surface area contributed by atoms with Gasteiger partial charge in [0.1, 0.15) is 5.75 Å². The van der Waals surface area contributed by atoms with E-state index in [1.165, 1.54) is 0 Å². The molecule has 0 spiro atoms. The van der Waals surface area contributed by atoms with Gasteiger partial charge in [0.05, 0.1) is 30.9 Å². The number of hydrogen-bond donors (Lipinski definition) is 0. The van der Waals surface area contributed by atoms with Crippen molar-refractivity contribution in [3.05, 3.63) is 29.3 Å². The van der Waals surface area contributed by atoms with E-state index in [2.05, 4.69) is 25.7 Å². The highest BCUT2D eigenvalue weighted by Crippen LogP contribution is 2.22. The Morgan fingerprint density at radius 3 is 2.65 bits per heavy atom. The zero-order valence-electron chi connectivity index (χ0n) is 14.8. The molecule has 1 saturated heterocycles. The van der Waals surface area contributed by atoms with E-state index < -0.39 is 0 Å². The predicted molar refractivity (Wildman–Crippen MR) is 92.4 cm³/mol. The minimum absolute atomic E-state index is 0.126. The molecule has 0 radical (unpaired) electrons. The minimum Gasteiger partial charge on any atom is -0.493 e. The largest absolute Gasteiger partial charge is 0.493 e. The molecule has 128 valence electrons. The first kappa shape index (κ1) is 18.0. The van der Waals surface area contributed by atoms with Gasteiger partial charge in [-0.2, -0.15) is 0 Å². The number of ether oxygens (including phenoxy) is 2. The Kier molecular flexibility index (Phi) is 6.60. The third-order valence-electron chi connectivity index (χ3n) is 4.05. The van der Waals surface area contributed by atoms with Crippen LogP contribution in [0, 0.1) is 6.92 Å². The van der Waals surface area contributed by atoms with Crippen LogP contribution in [0.4, 0.5) is 0 Å². The lowest BCUT2D eigenvalue weighted by atomic mass is 10.1. The smallest absolute Gasteiger partial charge is 0.180 e. The molecular formula is C19H29NO3. The number of carbonyl (C=O) groups is 1. The van der Waals surface area contributed by atoms with Crippen LogP contribution >= 0.6 is 0 Å². The number of benzene rings is 1. The van der Waals surface area contributed by atoms with Crippen molar-refractivity contribution in [3.8, 4) is 5.75 Å². The summed E-state index contributed by atoms with van der Waals surface area (Å²) in [5, 5.41) is 0. The first-order valence-electron chi connectivity index (χ1n) is 8.64. The third kappa shape index (κ3) is 5.33. The van der Waals surface area contributed by atoms with E-state index in [9.17, 15) is 4.79 Å². The van der Waals surface area contributed by atoms with Crippen LogP contribution in [0.3, 0.4) is 0 Å². The summed E-state index contributed by atoms with van der Waals surface area (Å²) in [6.07, 6.45) is 2.42. The summed E-state index contributed by atoms with van der Waals surface area (Å²) in [5.74, 6) is 0.838. The molecule has 0 saturated carbocycles. The fraction of sp³-hybridized carbons (Fsp3) is 0.632. The van der Waals surface area contributed by atoms with Gasteiger partial charge in [-0.3, -0.25) is 9.69 Å². The average molecular weight is 319 g/mol. The first-order chi connectivity index (χ1) is 11.0. The molecule has 2 atom stereocenters. The van der Waals surface area contributed by atoms with E-state index in [0.29, 0.717) is 24.5 Å². The fourth-order valence-corrected chi connectivity index (χ4v) is 3.02. The van der Waals surface area contributed by atoms with Crippen molar-refractivity contribution in [1.29, 1.82) is 0 Å². The lowest BCUT2D eigenvalue weighted by molar-refractivity contribution is -0.0652. The van der Waals surface area contributed by atoms with Gasteiger partial charge in [-0.05, 0) is 39.3 Å². The zero-order chi connectivity index (χ0) is 16.8. The number of unbranched alkanes of at least 4 members (excludes halogenated alkanes) is 1. The number of nitrogens with zero attached hydrogens (tertiary/aromatic N) is 1. The van der Waals surface area contributed by atoms with Crippen molar-refractivity contribution < 1.29 is 14.3 Å². The lowest BCUT2D eigenvalue weighted by Crippen LogP contribution is -2.47. The summed E-state index contributed by atoms with van der Waals surface area (Å²) in [6.45, 7) is 10.9. The van der Waals surface area contributed by atoms with Gasteiger partial charge >= 0.3 is 0 Å². The van der Waals surface area contributed by atoms with E-state index in [1.54, 1.807) is 0 Å². The Morgan fingerprint density at radius 2 is 2.00 bits per heavy atom. The summed E-state index contributed by atoms with van der Waals surface area (Å²) in [6, 6.07) is 5.86. The second-order valence-electron chi connectivity index (χ2n) is 6.58. The van der Waals surface area contributed by atoms with Gasteiger partial charge in [0.15, 0.2) is 5.78 Å². The van der Waals surface area contributed by atoms with E-state index in [-0.39, 0.29) is 18.0 Å². The molecule has 4 nitrogen and oxygen atoms in total. The van der Waals surface area contributed by atoms with Gasteiger partial charge in [-0.1, -0.05) is 25.0 Å². The highest BCUT2D eigenvalue weighted by molar-refractivity contribution is 6.00. The minimum atomic E-state index is 0.126. The molecule has 2 unspecified atom stereocenters. The van der Waals surface area contributed by atoms with Gasteiger partial charge < -0.3 is 9.47 Å². The normalized spacial score (nSPS) is 22.1. The van der Waals surface area contributed by atoms with Crippen molar-refractivity contribution in [2.24, 2.45) is 0 Å². The molecule has 1 aromatic carbocycles. The highest BCUT2D eigenvalue weighted by Gasteiger charge is 2.25. The molecule has 0 N–H and O–H groups in total. The molecule has 23 heavy (non-hydrogen) atoms. The molecular weight excluding hydrogens is 290 g/mol. The van der Waals surface area contributed by atoms with Crippen molar-refractivity contribution in [3.63, 3.8) is 0 Å². The van der Waals surface area contributed by atoms with E-state index in [4.69, 9.17) is 9.47 Å². The van der Waals surface area contributed by atoms with Crippen LogP contribution in [-0.4, -0.2) is 49.1 Å². The van der Waals surface area contributed by atoms with Crippen LogP contribution in [0.2, 0.25) is 0 Å². The van der Waals surface area contributed by atoms with Gasteiger partial charge in [0.25, 0.3) is 0 Å². The number of morpholine rings is 1. The molecule has 1 aliphatic heterocycles. The summed E-state index contributed by atoms with van der Waals surface area (Å²) in [4.78, 5) is 14.9. The maximum Gasteiger partial charge on any atom is 0.180 e. The molecule has 4 heteroatoms. The SMILES string of the molecule is CCCCOc1ccc(C)cc1C(=O)CN1CC(C)OC(C)C1. The first-order valence-corrected chi connectivity index (χ1v) is 8.64. The Hall–Kier alpha value is -1.39. The summed E-state index contributed by atoms with van der Waals surface area (Å²) < 4.78 is 11.6. The Morgan fingerprint density at radius 1 is 1.30 bits per heavy atom. The number of hydrogen-bond acceptors (Lipinski definition) is 4. The van der Waals surface area contributed by atoms with E-state index in [0.717, 1.165) is 31.5 Å². The Bertz CT molecular complexity index is 519. The summed E-state index contributed by atoms with van der Waals surface area (Å²) in [7, 11) is 0. The molecule has 0 aliphatic carbocycles. The number of rotatable bonds is 7. The second-order valence-corrected chi connectivity index (χ2v) is 6.58. The van der Waals surface area contributed by atoms with E-state index >= 15 is 0 Å². The standard InChI is InChI=1S/C19H29NO3/c1-5-6-9-22-19-8-7-14(2)10-17(19)18(21)13-20-11-15(3)23-16(4)12-20/h7-8,10,15-16H,5-6,9,11-13H2,1-4H3. The van der Waals surface area contributed by atoms with Crippen LogP contribution in [0.1, 0.15) is 49.5 Å². The Balaban J connectivity index is 2.06. The van der Waals surface area contributed by atoms with Crippen molar-refractivity contribution in [2.75, 3.05) is 26.2 Å². The number of carbonyl (C=O) groups excluding carboxylic acids is 1. The van der Waals surface area contributed by atoms with Gasteiger partial charge in [0.2, 0.25) is 0 Å². The predicted octanol–water partition coefficient (Wildman–Crippen LogP) is 3.47. The summed E-state index contributed by atoms with van der Waals surface area (Å²) in [5.41, 5.74) is 1.79. The van der Waals surface area contributed by atoms with Gasteiger partial charge in [-0.25, -0.2) is 0 Å². The maximum absolute atomic E-state index is 12.8. The molecule has 0 bridgehead atoms. The van der Waals surface area contributed by atoms with Crippen molar-refractivity contribution in [1.82, 2.24) is 4.90 Å². The van der Waals surface area contributed by atoms with Crippen LogP contribution in [-0.2, 0) is 4.74 Å². The monoisotopic (exact) mass is 319 g/mol. The van der Waals surface area contributed by atoms with Gasteiger partial charge in [-0.15, -0.1) is 0 Å². The van der Waals surface area contributed by atoms with Crippen LogP contribution in [0.15, 0.2) is 18.2 Å². The fourth-order valence-electron chi connectivity index (χ4n) is 3.02. The second kappa shape index (κ2) is 8.46. The zero-order valence-corrected chi connectivity index (χ0v) is 14.8. The highest BCUT2D eigenvalue weighted by atomic mass is 16.5. The van der Waals surface area contributed by atoms with Crippen LogP contribution in [0.25, 0.3) is 0 Å². The topological polar surface area (TPSA) is 38.8 Å². The third-order valence-corrected chi connectivity index (χ3v) is 4.05. The molecule has 0 aromatic heterocycles. The molecule has 2 rings (SSSR count). The van der Waals surface area contributed by atoms with Gasteiger partial charge in [0, 0.05) is 13.1 Å². The molecule has 0 amide bonds. The van der Waals surface area contributed by atoms with Crippen molar-refractivity contribution >= 4 is 5.78 Å². The van der Waals surface area contributed by atoms with Crippen LogP contribution < -0.4 is 4.74 Å². The molecule has 1 heterocycles. The maximum atomic E-state index is 12.8. The number of aryl methyl sites for hydroxylation is 1. The van der Waals surface area contributed by atoms with Crippen molar-refractivity contribution in [2.45, 2.75) is 52.7 Å².